The van der Waals surface area contributed by atoms with Crippen LogP contribution in [-0.4, -0.2) is 20.1 Å². The van der Waals surface area contributed by atoms with E-state index in [-0.39, 0.29) is 5.91 Å². The van der Waals surface area contributed by atoms with E-state index >= 15 is 0 Å². The second-order valence-corrected chi connectivity index (χ2v) is 3.69. The van der Waals surface area contributed by atoms with Crippen molar-refractivity contribution in [3.63, 3.8) is 0 Å². The Bertz CT molecular complexity index is 385. The van der Waals surface area contributed by atoms with Crippen molar-refractivity contribution >= 4 is 11.6 Å². The van der Waals surface area contributed by atoms with Crippen molar-refractivity contribution in [1.82, 2.24) is 0 Å². The molecule has 0 heterocycles. The Morgan fingerprint density at radius 3 is 2.33 bits per heavy atom. The first kappa shape index (κ1) is 11.6. The molecule has 1 amide bonds. The average molecular weight is 207 g/mol. The summed E-state index contributed by atoms with van der Waals surface area (Å²) in [5.41, 5.74) is 3.00. The number of hydrogen-bond acceptors (Lipinski definition) is 2. The number of ether oxygens (including phenoxy) is 1. The van der Waals surface area contributed by atoms with Crippen molar-refractivity contribution in [1.29, 1.82) is 0 Å². The highest BCUT2D eigenvalue weighted by molar-refractivity contribution is 5.92. The summed E-state index contributed by atoms with van der Waals surface area (Å²) in [5, 5.41) is 0. The van der Waals surface area contributed by atoms with E-state index in [1.165, 1.54) is 0 Å². The highest BCUT2D eigenvalue weighted by Gasteiger charge is 2.11. The fourth-order valence-corrected chi connectivity index (χ4v) is 1.53. The number of rotatable bonds is 2. The van der Waals surface area contributed by atoms with E-state index in [2.05, 4.69) is 0 Å². The lowest BCUT2D eigenvalue weighted by molar-refractivity contribution is -0.116. The standard InChI is InChI=1S/C12H17NO2/c1-8-7-12(15-5)9(2)6-11(8)13(4)10(3)14/h6-7H,1-5H3. The third-order valence-corrected chi connectivity index (χ3v) is 2.55. The normalized spacial score (nSPS) is 9.93. The molecule has 0 bridgehead atoms. The van der Waals surface area contributed by atoms with Crippen molar-refractivity contribution in [3.05, 3.63) is 23.3 Å². The maximum Gasteiger partial charge on any atom is 0.223 e. The van der Waals surface area contributed by atoms with Gasteiger partial charge in [-0.1, -0.05) is 0 Å². The number of carbonyl (C=O) groups excluding carboxylic acids is 1. The molecule has 0 aliphatic carbocycles. The lowest BCUT2D eigenvalue weighted by atomic mass is 10.1. The number of methoxy groups -OCH3 is 1. The number of hydrogen-bond donors (Lipinski definition) is 0. The van der Waals surface area contributed by atoms with Crippen LogP contribution in [0.5, 0.6) is 5.75 Å². The number of amides is 1. The smallest absolute Gasteiger partial charge is 0.223 e. The predicted molar refractivity (Wildman–Crippen MR) is 61.6 cm³/mol. The van der Waals surface area contributed by atoms with Crippen LogP contribution in [-0.2, 0) is 4.79 Å². The van der Waals surface area contributed by atoms with Gasteiger partial charge < -0.3 is 9.64 Å². The summed E-state index contributed by atoms with van der Waals surface area (Å²) in [4.78, 5) is 12.9. The molecular weight excluding hydrogens is 190 g/mol. The van der Waals surface area contributed by atoms with Crippen molar-refractivity contribution in [3.8, 4) is 5.75 Å². The van der Waals surface area contributed by atoms with Crippen LogP contribution in [0.25, 0.3) is 0 Å². The van der Waals surface area contributed by atoms with Gasteiger partial charge in [0.15, 0.2) is 0 Å². The Hall–Kier alpha value is -1.51. The van der Waals surface area contributed by atoms with Crippen LogP contribution in [0.4, 0.5) is 5.69 Å². The second-order valence-electron chi connectivity index (χ2n) is 3.69. The van der Waals surface area contributed by atoms with E-state index in [4.69, 9.17) is 4.74 Å². The van der Waals surface area contributed by atoms with Crippen LogP contribution in [0.2, 0.25) is 0 Å². The Balaban J connectivity index is 3.21. The van der Waals surface area contributed by atoms with Gasteiger partial charge in [0.05, 0.1) is 7.11 Å². The summed E-state index contributed by atoms with van der Waals surface area (Å²) in [6.07, 6.45) is 0. The SMILES string of the molecule is COc1cc(C)c(N(C)C(C)=O)cc1C. The van der Waals surface area contributed by atoms with Gasteiger partial charge in [0.1, 0.15) is 5.75 Å². The van der Waals surface area contributed by atoms with Crippen LogP contribution >= 0.6 is 0 Å². The van der Waals surface area contributed by atoms with Gasteiger partial charge in [-0.05, 0) is 37.1 Å². The highest BCUT2D eigenvalue weighted by atomic mass is 16.5. The summed E-state index contributed by atoms with van der Waals surface area (Å²) in [6.45, 7) is 5.49. The molecule has 1 rings (SSSR count). The van der Waals surface area contributed by atoms with Gasteiger partial charge in [-0.3, -0.25) is 4.79 Å². The maximum absolute atomic E-state index is 11.3. The van der Waals surface area contributed by atoms with Crippen molar-refractivity contribution in [2.45, 2.75) is 20.8 Å². The summed E-state index contributed by atoms with van der Waals surface area (Å²) in [7, 11) is 3.42. The summed E-state index contributed by atoms with van der Waals surface area (Å²) in [6, 6.07) is 3.92. The van der Waals surface area contributed by atoms with Crippen LogP contribution in [0.3, 0.4) is 0 Å². The van der Waals surface area contributed by atoms with Crippen molar-refractivity contribution in [2.24, 2.45) is 0 Å². The van der Waals surface area contributed by atoms with E-state index in [1.54, 1.807) is 26.0 Å². The molecule has 0 aliphatic rings. The Kier molecular flexibility index (Phi) is 3.35. The average Bonchev–Trinajstić information content (AvgIpc) is 2.19. The highest BCUT2D eigenvalue weighted by Crippen LogP contribution is 2.27. The Morgan fingerprint density at radius 1 is 1.27 bits per heavy atom. The van der Waals surface area contributed by atoms with Crippen LogP contribution in [0, 0.1) is 13.8 Å². The zero-order valence-corrected chi connectivity index (χ0v) is 9.92. The molecule has 0 fully saturated rings. The van der Waals surface area contributed by atoms with Crippen LogP contribution < -0.4 is 9.64 Å². The molecule has 0 saturated carbocycles. The lowest BCUT2D eigenvalue weighted by Crippen LogP contribution is -2.23. The van der Waals surface area contributed by atoms with Gasteiger partial charge in [0.2, 0.25) is 5.91 Å². The number of nitrogens with zero attached hydrogens (tertiary/aromatic N) is 1. The second kappa shape index (κ2) is 4.34. The first-order valence-corrected chi connectivity index (χ1v) is 4.87. The van der Waals surface area contributed by atoms with E-state index < -0.39 is 0 Å². The molecule has 82 valence electrons. The van der Waals surface area contributed by atoms with Gasteiger partial charge in [0.25, 0.3) is 0 Å². The number of aryl methyl sites for hydroxylation is 2. The molecule has 3 nitrogen and oxygen atoms in total. The first-order valence-electron chi connectivity index (χ1n) is 4.87. The number of carbonyl (C=O) groups is 1. The number of benzene rings is 1. The van der Waals surface area contributed by atoms with E-state index in [1.807, 2.05) is 26.0 Å². The maximum atomic E-state index is 11.3. The molecule has 0 spiro atoms. The Morgan fingerprint density at radius 2 is 1.87 bits per heavy atom. The third-order valence-electron chi connectivity index (χ3n) is 2.55. The van der Waals surface area contributed by atoms with Gasteiger partial charge >= 0.3 is 0 Å². The predicted octanol–water partition coefficient (Wildman–Crippen LogP) is 2.29. The summed E-state index contributed by atoms with van der Waals surface area (Å²) < 4.78 is 5.22. The van der Waals surface area contributed by atoms with E-state index in [0.717, 1.165) is 22.6 Å². The van der Waals surface area contributed by atoms with E-state index in [0.29, 0.717) is 0 Å². The fraction of sp³-hybridized carbons (Fsp3) is 0.417. The fourth-order valence-electron chi connectivity index (χ4n) is 1.53. The molecule has 15 heavy (non-hydrogen) atoms. The molecule has 1 aromatic carbocycles. The molecule has 0 N–H and O–H groups in total. The molecule has 0 unspecified atom stereocenters. The Labute approximate surface area is 90.7 Å². The monoisotopic (exact) mass is 207 g/mol. The molecule has 0 radical (unpaired) electrons. The zero-order valence-electron chi connectivity index (χ0n) is 9.92. The van der Waals surface area contributed by atoms with Gasteiger partial charge in [-0.2, -0.15) is 0 Å². The van der Waals surface area contributed by atoms with Gasteiger partial charge in [-0.25, -0.2) is 0 Å². The van der Waals surface area contributed by atoms with Gasteiger partial charge in [-0.15, -0.1) is 0 Å². The van der Waals surface area contributed by atoms with Crippen molar-refractivity contribution in [2.75, 3.05) is 19.1 Å². The largest absolute Gasteiger partial charge is 0.496 e. The summed E-state index contributed by atoms with van der Waals surface area (Å²) >= 11 is 0. The topological polar surface area (TPSA) is 29.5 Å². The molecule has 1 aromatic rings. The molecule has 0 saturated heterocycles. The number of anilines is 1. The minimum Gasteiger partial charge on any atom is -0.496 e. The third kappa shape index (κ3) is 2.29. The molecule has 0 aromatic heterocycles. The zero-order chi connectivity index (χ0) is 11.6. The van der Waals surface area contributed by atoms with Crippen LogP contribution in [0.15, 0.2) is 12.1 Å². The van der Waals surface area contributed by atoms with Crippen LogP contribution in [0.1, 0.15) is 18.1 Å². The molecule has 0 aliphatic heterocycles. The van der Waals surface area contributed by atoms with Gasteiger partial charge in [0, 0.05) is 19.7 Å². The minimum absolute atomic E-state index is 0.0302. The first-order chi connectivity index (χ1) is 6.97. The molecular formula is C12H17NO2. The lowest BCUT2D eigenvalue weighted by Gasteiger charge is -2.19. The summed E-state index contributed by atoms with van der Waals surface area (Å²) in [5.74, 6) is 0.885. The molecule has 3 heteroatoms. The quantitative estimate of drug-likeness (QED) is 0.744. The van der Waals surface area contributed by atoms with E-state index in [9.17, 15) is 4.79 Å². The molecule has 0 atom stereocenters. The minimum atomic E-state index is 0.0302. The van der Waals surface area contributed by atoms with Crippen molar-refractivity contribution < 1.29 is 9.53 Å².